The fraction of sp³-hybridized carbons (Fsp3) is 0.412. The summed E-state index contributed by atoms with van der Waals surface area (Å²) in [5, 5.41) is 7.55. The first kappa shape index (κ1) is 18.9. The van der Waals surface area contributed by atoms with Crippen molar-refractivity contribution in [1.29, 1.82) is 0 Å². The average Bonchev–Trinajstić information content (AvgIpc) is 2.87. The van der Waals surface area contributed by atoms with E-state index >= 15 is 0 Å². The Labute approximate surface area is 154 Å². The third kappa shape index (κ3) is 5.56. The molecule has 2 N–H and O–H groups in total. The monoisotopic (exact) mass is 412 g/mol. The van der Waals surface area contributed by atoms with Gasteiger partial charge in [-0.3, -0.25) is 0 Å². The Morgan fingerprint density at radius 2 is 2.12 bits per heavy atom. The molecular formula is C17H22BrFN4S. The first-order valence-corrected chi connectivity index (χ1v) is 9.49. The molecule has 0 radical (unpaired) electrons. The highest BCUT2D eigenvalue weighted by Gasteiger charge is 2.04. The molecule has 0 aliphatic rings. The molecule has 130 valence electrons. The number of aromatic nitrogens is 1. The number of halogens is 2. The highest BCUT2D eigenvalue weighted by molar-refractivity contribution is 9.10. The molecule has 2 rings (SSSR count). The Morgan fingerprint density at radius 3 is 2.75 bits per heavy atom. The molecule has 0 aliphatic carbocycles. The Kier molecular flexibility index (Phi) is 7.17. The van der Waals surface area contributed by atoms with Crippen LogP contribution in [-0.4, -0.2) is 24.0 Å². The first-order valence-electron chi connectivity index (χ1n) is 7.88. The third-order valence-corrected chi connectivity index (χ3v) is 5.14. The van der Waals surface area contributed by atoms with Crippen LogP contribution in [0.25, 0.3) is 0 Å². The van der Waals surface area contributed by atoms with Crippen molar-refractivity contribution in [3.63, 3.8) is 0 Å². The number of nitrogens with zero attached hydrogens (tertiary/aromatic N) is 2. The standard InChI is InChI=1S/C17H22BrFN4S/c1-4-20-17(22-10-16-23-11(2)12(3)24-16)21-8-7-13-5-6-15(19)14(18)9-13/h5-6,9H,4,7-8,10H2,1-3H3,(H2,20,21,22). The smallest absolute Gasteiger partial charge is 0.191 e. The second kappa shape index (κ2) is 9.13. The van der Waals surface area contributed by atoms with Crippen LogP contribution in [0.2, 0.25) is 0 Å². The van der Waals surface area contributed by atoms with Crippen LogP contribution in [0.3, 0.4) is 0 Å². The Hall–Kier alpha value is -1.47. The number of thiazole rings is 1. The van der Waals surface area contributed by atoms with Crippen LogP contribution in [0.1, 0.15) is 28.1 Å². The van der Waals surface area contributed by atoms with Gasteiger partial charge in [-0.25, -0.2) is 14.4 Å². The molecule has 24 heavy (non-hydrogen) atoms. The summed E-state index contributed by atoms with van der Waals surface area (Å²) in [6.45, 7) is 8.21. The number of hydrogen-bond donors (Lipinski definition) is 2. The van der Waals surface area contributed by atoms with Gasteiger partial charge in [-0.05, 0) is 60.8 Å². The lowest BCUT2D eigenvalue weighted by molar-refractivity contribution is 0.620. The molecule has 7 heteroatoms. The van der Waals surface area contributed by atoms with Crippen LogP contribution >= 0.6 is 27.3 Å². The van der Waals surface area contributed by atoms with Crippen LogP contribution < -0.4 is 10.6 Å². The number of nitrogens with one attached hydrogen (secondary N) is 2. The predicted octanol–water partition coefficient (Wildman–Crippen LogP) is 3.96. The molecule has 0 amide bonds. The molecule has 0 saturated carbocycles. The molecule has 0 unspecified atom stereocenters. The lowest BCUT2D eigenvalue weighted by Gasteiger charge is -2.11. The van der Waals surface area contributed by atoms with Gasteiger partial charge in [0.05, 0.1) is 16.7 Å². The molecule has 1 heterocycles. The van der Waals surface area contributed by atoms with Gasteiger partial charge >= 0.3 is 0 Å². The summed E-state index contributed by atoms with van der Waals surface area (Å²) in [7, 11) is 0. The molecule has 1 aromatic carbocycles. The van der Waals surface area contributed by atoms with Gasteiger partial charge in [-0.2, -0.15) is 0 Å². The summed E-state index contributed by atoms with van der Waals surface area (Å²) < 4.78 is 13.7. The molecule has 1 aromatic heterocycles. The largest absolute Gasteiger partial charge is 0.357 e. The minimum Gasteiger partial charge on any atom is -0.357 e. The number of aliphatic imine (C=N–C) groups is 1. The third-order valence-electron chi connectivity index (χ3n) is 3.48. The normalized spacial score (nSPS) is 11.6. The van der Waals surface area contributed by atoms with Crippen molar-refractivity contribution in [1.82, 2.24) is 15.6 Å². The molecule has 2 aromatic rings. The number of aryl methyl sites for hydroxylation is 2. The van der Waals surface area contributed by atoms with E-state index in [0.29, 0.717) is 11.0 Å². The van der Waals surface area contributed by atoms with Crippen LogP contribution in [0, 0.1) is 19.7 Å². The van der Waals surface area contributed by atoms with E-state index in [-0.39, 0.29) is 5.82 Å². The van der Waals surface area contributed by atoms with Crippen molar-refractivity contribution in [2.75, 3.05) is 13.1 Å². The number of guanidine groups is 1. The molecule has 0 bridgehead atoms. The summed E-state index contributed by atoms with van der Waals surface area (Å²) in [5.41, 5.74) is 2.14. The Bertz CT molecular complexity index is 695. The summed E-state index contributed by atoms with van der Waals surface area (Å²) in [6.07, 6.45) is 0.790. The van der Waals surface area contributed by atoms with E-state index in [4.69, 9.17) is 0 Å². The van der Waals surface area contributed by atoms with E-state index in [1.165, 1.54) is 10.9 Å². The van der Waals surface area contributed by atoms with Gasteiger partial charge < -0.3 is 10.6 Å². The number of benzene rings is 1. The quantitative estimate of drug-likeness (QED) is 0.557. The zero-order valence-electron chi connectivity index (χ0n) is 14.1. The SMILES string of the molecule is CCNC(=NCc1nc(C)c(C)s1)NCCc1ccc(F)c(Br)c1. The molecule has 0 aliphatic heterocycles. The summed E-state index contributed by atoms with van der Waals surface area (Å²) in [4.78, 5) is 10.3. The van der Waals surface area contributed by atoms with E-state index in [0.717, 1.165) is 41.7 Å². The Morgan fingerprint density at radius 1 is 1.33 bits per heavy atom. The van der Waals surface area contributed by atoms with E-state index < -0.39 is 0 Å². The molecule has 0 atom stereocenters. The number of rotatable bonds is 6. The fourth-order valence-electron chi connectivity index (χ4n) is 2.12. The van der Waals surface area contributed by atoms with Crippen molar-refractivity contribution in [3.8, 4) is 0 Å². The Balaban J connectivity index is 1.90. The summed E-state index contributed by atoms with van der Waals surface area (Å²) >= 11 is 4.90. The van der Waals surface area contributed by atoms with Gasteiger partial charge in [0.25, 0.3) is 0 Å². The van der Waals surface area contributed by atoms with Crippen molar-refractivity contribution in [2.45, 2.75) is 33.7 Å². The van der Waals surface area contributed by atoms with E-state index in [1.54, 1.807) is 17.4 Å². The predicted molar refractivity (Wildman–Crippen MR) is 102 cm³/mol. The number of hydrogen-bond acceptors (Lipinski definition) is 3. The average molecular weight is 413 g/mol. The zero-order valence-corrected chi connectivity index (χ0v) is 16.5. The highest BCUT2D eigenvalue weighted by Crippen LogP contribution is 2.17. The van der Waals surface area contributed by atoms with Crippen LogP contribution in [0.4, 0.5) is 4.39 Å². The molecule has 0 spiro atoms. The van der Waals surface area contributed by atoms with Crippen LogP contribution in [0.5, 0.6) is 0 Å². The van der Waals surface area contributed by atoms with Crippen LogP contribution in [0.15, 0.2) is 27.7 Å². The van der Waals surface area contributed by atoms with Gasteiger partial charge in [0.2, 0.25) is 0 Å². The lowest BCUT2D eigenvalue weighted by Crippen LogP contribution is -2.38. The van der Waals surface area contributed by atoms with Crippen LogP contribution in [-0.2, 0) is 13.0 Å². The molecule has 0 fully saturated rings. The van der Waals surface area contributed by atoms with E-state index in [9.17, 15) is 4.39 Å². The van der Waals surface area contributed by atoms with Gasteiger partial charge in [0.1, 0.15) is 10.8 Å². The fourth-order valence-corrected chi connectivity index (χ4v) is 3.40. The van der Waals surface area contributed by atoms with Crippen molar-refractivity contribution in [3.05, 3.63) is 49.6 Å². The first-order chi connectivity index (χ1) is 11.5. The topological polar surface area (TPSA) is 49.3 Å². The van der Waals surface area contributed by atoms with Gasteiger partial charge in [0.15, 0.2) is 5.96 Å². The van der Waals surface area contributed by atoms with Gasteiger partial charge in [-0.15, -0.1) is 11.3 Å². The second-order valence-corrected chi connectivity index (χ2v) is 7.51. The highest BCUT2D eigenvalue weighted by atomic mass is 79.9. The summed E-state index contributed by atoms with van der Waals surface area (Å²) in [6, 6.07) is 5.08. The minimum absolute atomic E-state index is 0.240. The van der Waals surface area contributed by atoms with Gasteiger partial charge in [0, 0.05) is 18.0 Å². The van der Waals surface area contributed by atoms with E-state index in [1.807, 2.05) is 19.9 Å². The molecular weight excluding hydrogens is 391 g/mol. The van der Waals surface area contributed by atoms with Gasteiger partial charge in [-0.1, -0.05) is 6.07 Å². The van der Waals surface area contributed by atoms with Crippen molar-refractivity contribution >= 4 is 33.2 Å². The lowest BCUT2D eigenvalue weighted by atomic mass is 10.1. The zero-order chi connectivity index (χ0) is 17.5. The maximum Gasteiger partial charge on any atom is 0.191 e. The second-order valence-electron chi connectivity index (χ2n) is 5.37. The van der Waals surface area contributed by atoms with Crippen molar-refractivity contribution in [2.24, 2.45) is 4.99 Å². The van der Waals surface area contributed by atoms with Crippen molar-refractivity contribution < 1.29 is 4.39 Å². The van der Waals surface area contributed by atoms with E-state index in [2.05, 4.69) is 43.5 Å². The molecule has 0 saturated heterocycles. The molecule has 4 nitrogen and oxygen atoms in total. The maximum atomic E-state index is 13.2. The minimum atomic E-state index is -0.240. The maximum absolute atomic E-state index is 13.2. The summed E-state index contributed by atoms with van der Waals surface area (Å²) in [5.74, 6) is 0.528.